The highest BCUT2D eigenvalue weighted by Crippen LogP contribution is 2.40. The Morgan fingerprint density at radius 2 is 1.95 bits per heavy atom. The summed E-state index contributed by atoms with van der Waals surface area (Å²) in [5.74, 6) is 0.878. The third kappa shape index (κ3) is 3.65. The van der Waals surface area contributed by atoms with Crippen LogP contribution in [0.5, 0.6) is 5.75 Å². The second kappa shape index (κ2) is 7.40. The van der Waals surface area contributed by atoms with Crippen LogP contribution in [0.15, 0.2) is 36.3 Å². The standard InChI is InChI=1S/C14H14Br3NOS/c1-3-19-8-4-5-9(11(15)6-8)13(18-2)10-7-12(16)20-14(10)17/h4-7,13,18H,3H2,1-2H3. The van der Waals surface area contributed by atoms with Crippen molar-refractivity contribution in [1.29, 1.82) is 0 Å². The molecule has 0 fully saturated rings. The first-order valence-electron chi connectivity index (χ1n) is 6.11. The van der Waals surface area contributed by atoms with Crippen molar-refractivity contribution in [2.75, 3.05) is 13.7 Å². The molecule has 0 radical (unpaired) electrons. The topological polar surface area (TPSA) is 21.3 Å². The molecule has 1 atom stereocenters. The maximum Gasteiger partial charge on any atom is 0.120 e. The van der Waals surface area contributed by atoms with Gasteiger partial charge >= 0.3 is 0 Å². The first-order chi connectivity index (χ1) is 9.56. The molecule has 20 heavy (non-hydrogen) atoms. The van der Waals surface area contributed by atoms with Gasteiger partial charge in [-0.15, -0.1) is 11.3 Å². The van der Waals surface area contributed by atoms with Crippen LogP contribution in [0.2, 0.25) is 0 Å². The lowest BCUT2D eigenvalue weighted by atomic mass is 10.0. The van der Waals surface area contributed by atoms with Crippen LogP contribution in [-0.2, 0) is 0 Å². The highest BCUT2D eigenvalue weighted by Gasteiger charge is 2.20. The average Bonchev–Trinajstić information content (AvgIpc) is 2.72. The molecule has 1 aromatic carbocycles. The van der Waals surface area contributed by atoms with Gasteiger partial charge in [0.2, 0.25) is 0 Å². The molecule has 0 amide bonds. The Labute approximate surface area is 148 Å². The van der Waals surface area contributed by atoms with Gasteiger partial charge in [0.05, 0.1) is 20.2 Å². The third-order valence-corrected chi connectivity index (χ3v) is 5.95. The summed E-state index contributed by atoms with van der Waals surface area (Å²) in [7, 11) is 1.96. The lowest BCUT2D eigenvalue weighted by molar-refractivity contribution is 0.340. The van der Waals surface area contributed by atoms with E-state index in [0.29, 0.717) is 6.61 Å². The minimum absolute atomic E-state index is 0.122. The van der Waals surface area contributed by atoms with Crippen molar-refractivity contribution in [1.82, 2.24) is 5.32 Å². The van der Waals surface area contributed by atoms with Gasteiger partial charge in [-0.3, -0.25) is 0 Å². The fourth-order valence-corrected chi connectivity index (χ4v) is 5.52. The fraction of sp³-hybridized carbons (Fsp3) is 0.286. The molecule has 0 aliphatic carbocycles. The second-order valence-electron chi connectivity index (χ2n) is 4.12. The van der Waals surface area contributed by atoms with E-state index in [1.807, 2.05) is 26.1 Å². The predicted molar refractivity (Wildman–Crippen MR) is 95.9 cm³/mol. The van der Waals surface area contributed by atoms with E-state index in [-0.39, 0.29) is 6.04 Å². The summed E-state index contributed by atoms with van der Waals surface area (Å²) < 4.78 is 8.80. The van der Waals surface area contributed by atoms with Crippen molar-refractivity contribution in [2.45, 2.75) is 13.0 Å². The molecule has 1 heterocycles. The van der Waals surface area contributed by atoms with Gasteiger partial charge in [0, 0.05) is 4.47 Å². The molecule has 0 aliphatic heterocycles. The van der Waals surface area contributed by atoms with Crippen LogP contribution in [0, 0.1) is 0 Å². The first kappa shape index (κ1) is 16.5. The highest BCUT2D eigenvalue weighted by molar-refractivity contribution is 9.12. The SMILES string of the molecule is CCOc1ccc(C(NC)c2cc(Br)sc2Br)c(Br)c1. The highest BCUT2D eigenvalue weighted by atomic mass is 79.9. The quantitative estimate of drug-likeness (QED) is 0.585. The van der Waals surface area contributed by atoms with E-state index in [2.05, 4.69) is 65.2 Å². The Balaban J connectivity index is 2.39. The number of halogens is 3. The van der Waals surface area contributed by atoms with Gasteiger partial charge < -0.3 is 10.1 Å². The average molecular weight is 484 g/mol. The number of nitrogens with one attached hydrogen (secondary N) is 1. The molecule has 0 bridgehead atoms. The van der Waals surface area contributed by atoms with Crippen LogP contribution in [0.3, 0.4) is 0 Å². The lowest BCUT2D eigenvalue weighted by Crippen LogP contribution is -2.18. The molecule has 2 aromatic rings. The summed E-state index contributed by atoms with van der Waals surface area (Å²) in [6.45, 7) is 2.66. The normalized spacial score (nSPS) is 12.4. The minimum atomic E-state index is 0.122. The van der Waals surface area contributed by atoms with Gasteiger partial charge in [-0.2, -0.15) is 0 Å². The van der Waals surface area contributed by atoms with Crippen LogP contribution in [0.4, 0.5) is 0 Å². The summed E-state index contributed by atoms with van der Waals surface area (Å²) in [5.41, 5.74) is 2.40. The van der Waals surface area contributed by atoms with Crippen LogP contribution in [0.25, 0.3) is 0 Å². The number of hydrogen-bond acceptors (Lipinski definition) is 3. The zero-order chi connectivity index (χ0) is 14.7. The van der Waals surface area contributed by atoms with Crippen molar-refractivity contribution < 1.29 is 4.74 Å². The minimum Gasteiger partial charge on any atom is -0.494 e. The zero-order valence-electron chi connectivity index (χ0n) is 11.0. The molecule has 0 spiro atoms. The Morgan fingerprint density at radius 3 is 2.45 bits per heavy atom. The Kier molecular flexibility index (Phi) is 6.10. The molecule has 108 valence electrons. The molecule has 2 rings (SSSR count). The van der Waals surface area contributed by atoms with Crippen LogP contribution < -0.4 is 10.1 Å². The van der Waals surface area contributed by atoms with Crippen LogP contribution in [-0.4, -0.2) is 13.7 Å². The summed E-state index contributed by atoms with van der Waals surface area (Å²) >= 11 is 12.5. The smallest absolute Gasteiger partial charge is 0.120 e. The summed E-state index contributed by atoms with van der Waals surface area (Å²) in [6.07, 6.45) is 0. The molecule has 0 saturated carbocycles. The number of ether oxygens (including phenoxy) is 1. The molecule has 1 unspecified atom stereocenters. The largest absolute Gasteiger partial charge is 0.494 e. The fourth-order valence-electron chi connectivity index (χ4n) is 2.03. The maximum absolute atomic E-state index is 5.52. The molecule has 2 nitrogen and oxygen atoms in total. The predicted octanol–water partition coefficient (Wildman–Crippen LogP) is 5.74. The number of hydrogen-bond donors (Lipinski definition) is 1. The molecular weight excluding hydrogens is 470 g/mol. The van der Waals surface area contributed by atoms with Gasteiger partial charge in [-0.05, 0) is 75.2 Å². The van der Waals surface area contributed by atoms with Crippen molar-refractivity contribution in [3.63, 3.8) is 0 Å². The van der Waals surface area contributed by atoms with Crippen molar-refractivity contribution in [3.05, 3.63) is 47.4 Å². The maximum atomic E-state index is 5.52. The Morgan fingerprint density at radius 1 is 1.20 bits per heavy atom. The van der Waals surface area contributed by atoms with E-state index >= 15 is 0 Å². The summed E-state index contributed by atoms with van der Waals surface area (Å²) in [4.78, 5) is 0. The van der Waals surface area contributed by atoms with Crippen molar-refractivity contribution in [3.8, 4) is 5.75 Å². The molecule has 6 heteroatoms. The molecule has 1 N–H and O–H groups in total. The summed E-state index contributed by atoms with van der Waals surface area (Å²) in [5, 5.41) is 3.37. The Hall–Kier alpha value is 0.120. The number of thiophene rings is 1. The molecule has 0 saturated heterocycles. The second-order valence-corrected chi connectivity index (χ2v) is 8.72. The first-order valence-corrected chi connectivity index (χ1v) is 9.30. The summed E-state index contributed by atoms with van der Waals surface area (Å²) in [6, 6.07) is 8.37. The van der Waals surface area contributed by atoms with Gasteiger partial charge in [-0.25, -0.2) is 0 Å². The van der Waals surface area contributed by atoms with E-state index in [9.17, 15) is 0 Å². The van der Waals surface area contributed by atoms with E-state index in [1.165, 1.54) is 11.1 Å². The van der Waals surface area contributed by atoms with E-state index in [4.69, 9.17) is 4.74 Å². The third-order valence-electron chi connectivity index (χ3n) is 2.88. The van der Waals surface area contributed by atoms with Crippen molar-refractivity contribution in [2.24, 2.45) is 0 Å². The van der Waals surface area contributed by atoms with E-state index in [1.54, 1.807) is 11.3 Å². The number of rotatable bonds is 5. The van der Waals surface area contributed by atoms with Crippen LogP contribution >= 0.6 is 59.1 Å². The van der Waals surface area contributed by atoms with E-state index < -0.39 is 0 Å². The van der Waals surface area contributed by atoms with Crippen molar-refractivity contribution >= 4 is 59.1 Å². The molecule has 1 aromatic heterocycles. The zero-order valence-corrected chi connectivity index (χ0v) is 16.6. The van der Waals surface area contributed by atoms with E-state index in [0.717, 1.165) is 17.8 Å². The van der Waals surface area contributed by atoms with Gasteiger partial charge in [0.15, 0.2) is 0 Å². The van der Waals surface area contributed by atoms with Gasteiger partial charge in [0.1, 0.15) is 5.75 Å². The molecule has 0 aliphatic rings. The number of benzene rings is 1. The van der Waals surface area contributed by atoms with Gasteiger partial charge in [-0.1, -0.05) is 22.0 Å². The Bertz CT molecular complexity index is 600. The monoisotopic (exact) mass is 481 g/mol. The lowest BCUT2D eigenvalue weighted by Gasteiger charge is -2.18. The van der Waals surface area contributed by atoms with Gasteiger partial charge in [0.25, 0.3) is 0 Å². The van der Waals surface area contributed by atoms with Crippen LogP contribution in [0.1, 0.15) is 24.1 Å². The molecular formula is C14H14Br3NOS.